The van der Waals surface area contributed by atoms with Gasteiger partial charge in [0, 0.05) is 0 Å². The largest absolute Gasteiger partial charge is 1.00 e. The molecule has 1 aliphatic carbocycles. The van der Waals surface area contributed by atoms with E-state index in [9.17, 15) is 4.79 Å². The third-order valence-electron chi connectivity index (χ3n) is 2.98. The van der Waals surface area contributed by atoms with Crippen LogP contribution < -0.4 is 18.9 Å². The molecule has 0 spiro atoms. The summed E-state index contributed by atoms with van der Waals surface area (Å²) in [4.78, 5) is 10.8. The maximum absolute atomic E-state index is 10.8. The predicted octanol–water partition coefficient (Wildman–Crippen LogP) is -0.206. The number of rotatable bonds is 3. The maximum Gasteiger partial charge on any atom is 1.00 e. The van der Waals surface area contributed by atoms with Gasteiger partial charge in [-0.3, -0.25) is 4.79 Å². The SMILES string of the molecule is CCC(C(=O)O)C1CCCCC1.[H-].[Li+]. The molecular formula is C10H19LiO2. The van der Waals surface area contributed by atoms with Crippen molar-refractivity contribution in [3.8, 4) is 0 Å². The third-order valence-corrected chi connectivity index (χ3v) is 2.98. The Hall–Kier alpha value is 0.0674. The Morgan fingerprint density at radius 3 is 2.38 bits per heavy atom. The van der Waals surface area contributed by atoms with Gasteiger partial charge in [-0.15, -0.1) is 0 Å². The van der Waals surface area contributed by atoms with E-state index in [0.29, 0.717) is 5.92 Å². The summed E-state index contributed by atoms with van der Waals surface area (Å²) in [6.45, 7) is 1.98. The molecule has 1 aliphatic rings. The molecule has 1 fully saturated rings. The normalized spacial score (nSPS) is 20.4. The zero-order valence-electron chi connectivity index (χ0n) is 9.75. The minimum absolute atomic E-state index is 0. The van der Waals surface area contributed by atoms with Crippen LogP contribution in [-0.4, -0.2) is 11.1 Å². The number of aliphatic carboxylic acids is 1. The summed E-state index contributed by atoms with van der Waals surface area (Å²) in [5.74, 6) is -0.212. The Morgan fingerprint density at radius 1 is 1.46 bits per heavy atom. The van der Waals surface area contributed by atoms with Crippen molar-refractivity contribution in [1.82, 2.24) is 0 Å². The van der Waals surface area contributed by atoms with Crippen LogP contribution in [0.4, 0.5) is 0 Å². The van der Waals surface area contributed by atoms with Crippen LogP contribution in [-0.2, 0) is 4.79 Å². The van der Waals surface area contributed by atoms with Crippen molar-refractivity contribution >= 4 is 5.97 Å². The molecule has 1 atom stereocenters. The zero-order chi connectivity index (χ0) is 8.97. The van der Waals surface area contributed by atoms with Gasteiger partial charge in [0.05, 0.1) is 5.92 Å². The molecule has 2 nitrogen and oxygen atoms in total. The van der Waals surface area contributed by atoms with E-state index in [1.165, 1.54) is 19.3 Å². The van der Waals surface area contributed by atoms with Crippen LogP contribution in [0.1, 0.15) is 46.9 Å². The number of hydrogen-bond acceptors (Lipinski definition) is 1. The summed E-state index contributed by atoms with van der Waals surface area (Å²) in [5, 5.41) is 8.93. The van der Waals surface area contributed by atoms with Crippen LogP contribution >= 0.6 is 0 Å². The molecule has 13 heavy (non-hydrogen) atoms. The fourth-order valence-corrected chi connectivity index (χ4v) is 2.25. The van der Waals surface area contributed by atoms with Gasteiger partial charge >= 0.3 is 24.8 Å². The molecule has 1 unspecified atom stereocenters. The van der Waals surface area contributed by atoms with Crippen molar-refractivity contribution in [3.05, 3.63) is 0 Å². The minimum Gasteiger partial charge on any atom is -1.00 e. The molecule has 0 saturated heterocycles. The van der Waals surface area contributed by atoms with Crippen molar-refractivity contribution in [2.75, 3.05) is 0 Å². The van der Waals surface area contributed by atoms with Crippen molar-refractivity contribution in [2.24, 2.45) is 11.8 Å². The second-order valence-electron chi connectivity index (χ2n) is 3.75. The van der Waals surface area contributed by atoms with Crippen molar-refractivity contribution in [3.63, 3.8) is 0 Å². The van der Waals surface area contributed by atoms with E-state index in [4.69, 9.17) is 5.11 Å². The van der Waals surface area contributed by atoms with Gasteiger partial charge < -0.3 is 6.53 Å². The first kappa shape index (κ1) is 13.1. The van der Waals surface area contributed by atoms with Gasteiger partial charge in [-0.25, -0.2) is 0 Å². The maximum atomic E-state index is 10.8. The topological polar surface area (TPSA) is 37.3 Å². The van der Waals surface area contributed by atoms with Gasteiger partial charge in [-0.2, -0.15) is 0 Å². The predicted molar refractivity (Wildman–Crippen MR) is 49.1 cm³/mol. The van der Waals surface area contributed by atoms with E-state index >= 15 is 0 Å². The third kappa shape index (κ3) is 3.75. The van der Waals surface area contributed by atoms with Gasteiger partial charge in [0.2, 0.25) is 0 Å². The fourth-order valence-electron chi connectivity index (χ4n) is 2.25. The Kier molecular flexibility index (Phi) is 6.54. The number of carbonyl (C=O) groups is 1. The fraction of sp³-hybridized carbons (Fsp3) is 0.900. The average molecular weight is 178 g/mol. The van der Waals surface area contributed by atoms with E-state index < -0.39 is 5.97 Å². The van der Waals surface area contributed by atoms with Crippen molar-refractivity contribution in [1.29, 1.82) is 0 Å². The Labute approximate surface area is 93.8 Å². The molecule has 1 N–H and O–H groups in total. The standard InChI is InChI=1S/C10H18O2.Li.H/c1-2-9(10(11)12)8-6-4-3-5-7-8;;/h8-9H,2-7H2,1H3,(H,11,12);;/q;+1;-1. The Bertz CT molecular complexity index is 158. The molecule has 1 saturated carbocycles. The number of hydrogen-bond donors (Lipinski definition) is 1. The van der Waals surface area contributed by atoms with Crippen LogP contribution in [0.25, 0.3) is 0 Å². The van der Waals surface area contributed by atoms with Crippen LogP contribution in [0, 0.1) is 11.8 Å². The van der Waals surface area contributed by atoms with Gasteiger partial charge in [0.25, 0.3) is 0 Å². The first-order chi connectivity index (χ1) is 5.75. The molecule has 72 valence electrons. The number of carboxylic acids is 1. The molecule has 0 aromatic heterocycles. The van der Waals surface area contributed by atoms with Gasteiger partial charge in [0.15, 0.2) is 0 Å². The number of carboxylic acid groups (broad SMARTS) is 1. The summed E-state index contributed by atoms with van der Waals surface area (Å²) < 4.78 is 0. The van der Waals surface area contributed by atoms with Gasteiger partial charge in [0.1, 0.15) is 0 Å². The summed E-state index contributed by atoms with van der Waals surface area (Å²) in [7, 11) is 0. The van der Waals surface area contributed by atoms with Crippen LogP contribution in [0.2, 0.25) is 0 Å². The smallest absolute Gasteiger partial charge is 1.00 e. The molecular weight excluding hydrogens is 159 g/mol. The molecule has 0 aromatic rings. The van der Waals surface area contributed by atoms with E-state index in [1.807, 2.05) is 6.92 Å². The second-order valence-corrected chi connectivity index (χ2v) is 3.75. The summed E-state index contributed by atoms with van der Waals surface area (Å²) in [6, 6.07) is 0. The van der Waals surface area contributed by atoms with Crippen LogP contribution in [0.3, 0.4) is 0 Å². The van der Waals surface area contributed by atoms with E-state index in [1.54, 1.807) is 0 Å². The average Bonchev–Trinajstić information content (AvgIpc) is 2.07. The monoisotopic (exact) mass is 178 g/mol. The van der Waals surface area contributed by atoms with E-state index in [2.05, 4.69) is 0 Å². The quantitative estimate of drug-likeness (QED) is 0.607. The molecule has 3 heteroatoms. The molecule has 0 aromatic carbocycles. The van der Waals surface area contributed by atoms with E-state index in [0.717, 1.165) is 19.3 Å². The van der Waals surface area contributed by atoms with Crippen LogP contribution in [0.5, 0.6) is 0 Å². The van der Waals surface area contributed by atoms with Crippen molar-refractivity contribution in [2.45, 2.75) is 45.4 Å². The molecule has 0 bridgehead atoms. The molecule has 0 amide bonds. The molecule has 1 rings (SSSR count). The molecule has 0 aliphatic heterocycles. The van der Waals surface area contributed by atoms with E-state index in [-0.39, 0.29) is 26.2 Å². The molecule has 0 heterocycles. The van der Waals surface area contributed by atoms with Crippen molar-refractivity contribution < 1.29 is 30.2 Å². The summed E-state index contributed by atoms with van der Waals surface area (Å²) in [6.07, 6.45) is 6.81. The Balaban J connectivity index is 0. The van der Waals surface area contributed by atoms with Crippen LogP contribution in [0.15, 0.2) is 0 Å². The minimum atomic E-state index is -0.593. The summed E-state index contributed by atoms with van der Waals surface area (Å²) in [5.41, 5.74) is 0. The first-order valence-electron chi connectivity index (χ1n) is 4.98. The summed E-state index contributed by atoms with van der Waals surface area (Å²) >= 11 is 0. The second kappa shape index (κ2) is 6.51. The Morgan fingerprint density at radius 2 is 2.00 bits per heavy atom. The van der Waals surface area contributed by atoms with Gasteiger partial charge in [-0.1, -0.05) is 26.2 Å². The zero-order valence-corrected chi connectivity index (χ0v) is 8.75. The first-order valence-corrected chi connectivity index (χ1v) is 4.98. The van der Waals surface area contributed by atoms with Gasteiger partial charge in [-0.05, 0) is 25.2 Å². The molecule has 0 radical (unpaired) electrons.